The third-order valence-corrected chi connectivity index (χ3v) is 8.00. The van der Waals surface area contributed by atoms with Gasteiger partial charge in [-0.3, -0.25) is 9.52 Å². The van der Waals surface area contributed by atoms with Crippen LogP contribution >= 0.6 is 11.3 Å². The molecule has 12 heteroatoms. The lowest BCUT2D eigenvalue weighted by Crippen LogP contribution is -2.43. The highest BCUT2D eigenvalue weighted by molar-refractivity contribution is 7.92. The van der Waals surface area contributed by atoms with Gasteiger partial charge < -0.3 is 14.2 Å². The fourth-order valence-electron chi connectivity index (χ4n) is 4.93. The quantitative estimate of drug-likeness (QED) is 0.500. The number of halogens is 1. The molecule has 1 amide bonds. The van der Waals surface area contributed by atoms with Crippen molar-refractivity contribution in [3.05, 3.63) is 57.2 Å². The van der Waals surface area contributed by atoms with E-state index < -0.39 is 16.1 Å². The molecule has 1 atom stereocenters. The van der Waals surface area contributed by atoms with Crippen LogP contribution in [0.2, 0.25) is 0 Å². The smallest absolute Gasteiger partial charge is 0.261 e. The summed E-state index contributed by atoms with van der Waals surface area (Å²) in [6.07, 6.45) is 5.15. The molecule has 0 saturated heterocycles. The highest BCUT2D eigenvalue weighted by atomic mass is 32.2. The highest BCUT2D eigenvalue weighted by Gasteiger charge is 2.39. The van der Waals surface area contributed by atoms with E-state index in [1.54, 1.807) is 16.3 Å². The Kier molecular flexibility index (Phi) is 6.73. The first-order chi connectivity index (χ1) is 17.2. The number of nitrogens with one attached hydrogen (secondary N) is 1. The third-order valence-electron chi connectivity index (χ3n) is 6.48. The summed E-state index contributed by atoms with van der Waals surface area (Å²) in [5.41, 5.74) is 2.39. The van der Waals surface area contributed by atoms with E-state index in [-0.39, 0.29) is 24.1 Å². The molecule has 0 saturated carbocycles. The van der Waals surface area contributed by atoms with Crippen molar-refractivity contribution in [3.8, 4) is 5.75 Å². The van der Waals surface area contributed by atoms with Gasteiger partial charge in [-0.2, -0.15) is 0 Å². The first kappa shape index (κ1) is 24.7. The molecular weight excluding hydrogens is 505 g/mol. The minimum atomic E-state index is -3.46. The molecule has 5 rings (SSSR count). The van der Waals surface area contributed by atoms with Crippen LogP contribution in [0, 0.1) is 5.82 Å². The van der Waals surface area contributed by atoms with Crippen LogP contribution in [0.5, 0.6) is 5.75 Å². The maximum atomic E-state index is 14.9. The van der Waals surface area contributed by atoms with E-state index in [1.165, 1.54) is 23.5 Å². The number of anilines is 1. The lowest BCUT2D eigenvalue weighted by Gasteiger charge is -2.36. The summed E-state index contributed by atoms with van der Waals surface area (Å²) in [4.78, 5) is 24.8. The number of pyridine rings is 1. The second kappa shape index (κ2) is 9.81. The molecule has 3 aromatic heterocycles. The van der Waals surface area contributed by atoms with Crippen LogP contribution in [0.15, 0.2) is 23.6 Å². The molecule has 192 valence electrons. The van der Waals surface area contributed by atoms with Gasteiger partial charge in [-0.15, -0.1) is 11.3 Å². The van der Waals surface area contributed by atoms with E-state index >= 15 is 0 Å². The normalized spacial score (nSPS) is 17.4. The van der Waals surface area contributed by atoms with Gasteiger partial charge in [0.2, 0.25) is 10.0 Å². The number of sulfonamides is 1. The van der Waals surface area contributed by atoms with E-state index in [2.05, 4.69) is 14.3 Å². The topological polar surface area (TPSA) is 106 Å². The number of hydrogen-bond donors (Lipinski definition) is 1. The number of thiophene rings is 1. The maximum absolute atomic E-state index is 14.9. The van der Waals surface area contributed by atoms with Gasteiger partial charge in [0.1, 0.15) is 29.3 Å². The van der Waals surface area contributed by atoms with Crippen LogP contribution in [0.25, 0.3) is 0 Å². The van der Waals surface area contributed by atoms with Crippen molar-refractivity contribution in [1.29, 1.82) is 0 Å². The lowest BCUT2D eigenvalue weighted by atomic mass is 10.00. The summed E-state index contributed by atoms with van der Waals surface area (Å²) < 4.78 is 48.3. The van der Waals surface area contributed by atoms with Crippen molar-refractivity contribution in [2.24, 2.45) is 0 Å². The summed E-state index contributed by atoms with van der Waals surface area (Å²) >= 11 is 1.30. The Hall–Kier alpha value is -2.99. The molecule has 3 aromatic rings. The number of imidazole rings is 1. The minimum Gasteiger partial charge on any atom is -0.482 e. The van der Waals surface area contributed by atoms with Crippen LogP contribution in [-0.4, -0.2) is 53.2 Å². The molecule has 1 N–H and O–H groups in total. The number of rotatable bonds is 7. The van der Waals surface area contributed by atoms with Crippen LogP contribution in [0.3, 0.4) is 0 Å². The molecule has 5 heterocycles. The van der Waals surface area contributed by atoms with Crippen molar-refractivity contribution >= 4 is 33.1 Å². The van der Waals surface area contributed by atoms with Gasteiger partial charge in [0, 0.05) is 25.9 Å². The molecule has 2 aliphatic rings. The molecule has 0 bridgehead atoms. The average Bonchev–Trinajstić information content (AvgIpc) is 3.44. The molecule has 2 aliphatic heterocycles. The van der Waals surface area contributed by atoms with Gasteiger partial charge >= 0.3 is 0 Å². The molecule has 0 radical (unpaired) electrons. The zero-order chi connectivity index (χ0) is 25.4. The predicted octanol–water partition coefficient (Wildman–Crippen LogP) is 3.30. The van der Waals surface area contributed by atoms with Gasteiger partial charge in [-0.05, 0) is 42.8 Å². The number of aromatic nitrogens is 3. The monoisotopic (exact) mass is 533 g/mol. The summed E-state index contributed by atoms with van der Waals surface area (Å²) in [5, 5.41) is 1.71. The average molecular weight is 534 g/mol. The third kappa shape index (κ3) is 4.83. The Bertz CT molecular complexity index is 1400. The molecule has 0 aromatic carbocycles. The van der Waals surface area contributed by atoms with E-state index in [0.717, 1.165) is 49.3 Å². The first-order valence-electron chi connectivity index (χ1n) is 12.0. The number of fused-ring (bicyclic) bond motifs is 3. The number of hydrogen-bond acceptors (Lipinski definition) is 7. The fourth-order valence-corrected chi connectivity index (χ4v) is 6.31. The Balaban J connectivity index is 1.41. The van der Waals surface area contributed by atoms with Crippen LogP contribution in [0.1, 0.15) is 53.6 Å². The Labute approximate surface area is 213 Å². The molecule has 0 fully saturated rings. The van der Waals surface area contributed by atoms with Crippen molar-refractivity contribution in [2.75, 3.05) is 24.1 Å². The van der Waals surface area contributed by atoms with Gasteiger partial charge in [0.25, 0.3) is 5.91 Å². The Morgan fingerprint density at radius 2 is 2.06 bits per heavy atom. The Morgan fingerprint density at radius 3 is 2.78 bits per heavy atom. The number of nitrogens with zero attached hydrogens (tertiary/aromatic N) is 4. The van der Waals surface area contributed by atoms with Gasteiger partial charge in [-0.25, -0.2) is 22.8 Å². The van der Waals surface area contributed by atoms with Crippen molar-refractivity contribution in [3.63, 3.8) is 0 Å². The lowest BCUT2D eigenvalue weighted by molar-refractivity contribution is -0.135. The van der Waals surface area contributed by atoms with E-state index in [1.807, 2.05) is 6.92 Å². The van der Waals surface area contributed by atoms with Gasteiger partial charge in [-0.1, -0.05) is 6.92 Å². The maximum Gasteiger partial charge on any atom is 0.261 e. The van der Waals surface area contributed by atoms with Gasteiger partial charge in [0.15, 0.2) is 6.61 Å². The van der Waals surface area contributed by atoms with Gasteiger partial charge in [0.05, 0.1) is 28.2 Å². The zero-order valence-corrected chi connectivity index (χ0v) is 21.8. The zero-order valence-electron chi connectivity index (χ0n) is 20.2. The fraction of sp³-hybridized carbons (Fsp3) is 0.458. The Morgan fingerprint density at radius 1 is 1.22 bits per heavy atom. The molecule has 0 spiro atoms. The van der Waals surface area contributed by atoms with Crippen molar-refractivity contribution < 1.29 is 22.3 Å². The molecule has 0 aliphatic carbocycles. The summed E-state index contributed by atoms with van der Waals surface area (Å²) in [6, 6.07) is 3.99. The van der Waals surface area contributed by atoms with E-state index in [9.17, 15) is 17.6 Å². The minimum absolute atomic E-state index is 0.190. The summed E-state index contributed by atoms with van der Waals surface area (Å²) in [7, 11) is -3.46. The van der Waals surface area contributed by atoms with E-state index in [0.29, 0.717) is 35.7 Å². The molecule has 9 nitrogen and oxygen atoms in total. The number of ether oxygens (including phenoxy) is 1. The summed E-state index contributed by atoms with van der Waals surface area (Å²) in [5.74, 6) is 1.03. The molecule has 1 unspecified atom stereocenters. The number of carbonyl (C=O) groups excluding carboxylic acids is 1. The number of amides is 1. The molecular formula is C24H28FN5O4S2. The second-order valence-electron chi connectivity index (χ2n) is 9.00. The number of aryl methyl sites for hydroxylation is 2. The number of carbonyl (C=O) groups is 1. The van der Waals surface area contributed by atoms with Crippen molar-refractivity contribution in [1.82, 2.24) is 19.4 Å². The highest BCUT2D eigenvalue weighted by Crippen LogP contribution is 2.40. The second-order valence-corrected chi connectivity index (χ2v) is 11.7. The van der Waals surface area contributed by atoms with Crippen LogP contribution < -0.4 is 9.46 Å². The first-order valence-corrected chi connectivity index (χ1v) is 14.7. The van der Waals surface area contributed by atoms with E-state index in [4.69, 9.17) is 9.72 Å². The molecule has 36 heavy (non-hydrogen) atoms. The SMILES string of the molecule is CCc1nc(NS(C)(=O)=O)ccc1OCC(=O)N1CCc2nc3n(c2C1c1sccc1F)CCCC3. The van der Waals surface area contributed by atoms with Crippen LogP contribution in [0.4, 0.5) is 10.2 Å². The summed E-state index contributed by atoms with van der Waals surface area (Å²) in [6.45, 7) is 2.86. The standard InChI is InChI=1S/C24H28FN5O4S2/c1-3-16-18(7-8-19(26-16)28-36(2,32)33)34-14-21(31)30-12-9-17-22(23(30)24-15(25)10-13-35-24)29-11-5-4-6-20(29)27-17/h7-8,10,13,23H,3-6,9,11-12,14H2,1-2H3,(H,26,28). The van der Waals surface area contributed by atoms with Crippen molar-refractivity contribution in [2.45, 2.75) is 51.6 Å². The predicted molar refractivity (Wildman–Crippen MR) is 134 cm³/mol. The largest absolute Gasteiger partial charge is 0.482 e. The van der Waals surface area contributed by atoms with Crippen LogP contribution in [-0.2, 0) is 40.6 Å².